The van der Waals surface area contributed by atoms with Crippen LogP contribution in [0.5, 0.6) is 5.75 Å². The average molecular weight is 393 g/mol. The highest BCUT2D eigenvalue weighted by atomic mass is 16.5. The zero-order valence-corrected chi connectivity index (χ0v) is 17.3. The quantitative estimate of drug-likeness (QED) is 0.599. The molecule has 0 amide bonds. The molecule has 2 aliphatic rings. The molecule has 0 saturated carbocycles. The maximum absolute atomic E-state index is 6.17. The minimum Gasteiger partial charge on any atom is -0.493 e. The third-order valence-electron chi connectivity index (χ3n) is 6.02. The summed E-state index contributed by atoms with van der Waals surface area (Å²) in [6.45, 7) is 7.11. The van der Waals surface area contributed by atoms with Gasteiger partial charge in [-0.15, -0.1) is 0 Å². The summed E-state index contributed by atoms with van der Waals surface area (Å²) in [5.74, 6) is 2.29. The SMILES string of the molecule is CC1CCN(Cc2ccc(CN=C(N)NC3CCOc4ccccc43)cc2)CC1. The molecule has 2 aromatic rings. The van der Waals surface area contributed by atoms with Crippen molar-refractivity contribution in [2.24, 2.45) is 16.6 Å². The Kier molecular flexibility index (Phi) is 6.35. The van der Waals surface area contributed by atoms with Crippen LogP contribution in [0.3, 0.4) is 0 Å². The van der Waals surface area contributed by atoms with Crippen molar-refractivity contribution in [2.75, 3.05) is 19.7 Å². The predicted octanol–water partition coefficient (Wildman–Crippen LogP) is 3.85. The van der Waals surface area contributed by atoms with Crippen LogP contribution in [0.1, 0.15) is 48.9 Å². The molecule has 154 valence electrons. The molecule has 2 aliphatic heterocycles. The summed E-state index contributed by atoms with van der Waals surface area (Å²) in [5, 5.41) is 3.36. The molecule has 0 spiro atoms. The molecular weight excluding hydrogens is 360 g/mol. The lowest BCUT2D eigenvalue weighted by molar-refractivity contribution is 0.185. The molecule has 5 heteroatoms. The van der Waals surface area contributed by atoms with Gasteiger partial charge in [-0.25, -0.2) is 4.99 Å². The van der Waals surface area contributed by atoms with Gasteiger partial charge in [0.2, 0.25) is 0 Å². The van der Waals surface area contributed by atoms with Crippen LogP contribution in [0.15, 0.2) is 53.5 Å². The summed E-state index contributed by atoms with van der Waals surface area (Å²) < 4.78 is 5.71. The van der Waals surface area contributed by atoms with Crippen LogP contribution in [0.2, 0.25) is 0 Å². The zero-order valence-electron chi connectivity index (χ0n) is 17.3. The van der Waals surface area contributed by atoms with E-state index < -0.39 is 0 Å². The molecule has 2 aromatic carbocycles. The van der Waals surface area contributed by atoms with E-state index in [1.807, 2.05) is 18.2 Å². The number of rotatable bonds is 5. The third kappa shape index (κ3) is 5.30. The summed E-state index contributed by atoms with van der Waals surface area (Å²) in [6.07, 6.45) is 3.52. The molecule has 5 nitrogen and oxygen atoms in total. The smallest absolute Gasteiger partial charge is 0.189 e. The second kappa shape index (κ2) is 9.31. The summed E-state index contributed by atoms with van der Waals surface area (Å²) in [5.41, 5.74) is 9.86. The van der Waals surface area contributed by atoms with Crippen LogP contribution >= 0.6 is 0 Å². The van der Waals surface area contributed by atoms with Gasteiger partial charge in [0, 0.05) is 18.5 Å². The first-order valence-corrected chi connectivity index (χ1v) is 10.8. The van der Waals surface area contributed by atoms with Crippen LogP contribution < -0.4 is 15.8 Å². The van der Waals surface area contributed by atoms with Crippen molar-refractivity contribution in [3.63, 3.8) is 0 Å². The van der Waals surface area contributed by atoms with Crippen LogP contribution in [-0.4, -0.2) is 30.6 Å². The van der Waals surface area contributed by atoms with Crippen LogP contribution in [0.25, 0.3) is 0 Å². The molecule has 1 saturated heterocycles. The first-order chi connectivity index (χ1) is 14.2. The van der Waals surface area contributed by atoms with Crippen LogP contribution in [0, 0.1) is 5.92 Å². The highest BCUT2D eigenvalue weighted by Crippen LogP contribution is 2.31. The number of fused-ring (bicyclic) bond motifs is 1. The number of hydrogen-bond donors (Lipinski definition) is 2. The first-order valence-electron chi connectivity index (χ1n) is 10.8. The molecule has 1 atom stereocenters. The van der Waals surface area contributed by atoms with Crippen LogP contribution in [0.4, 0.5) is 0 Å². The number of nitrogens with two attached hydrogens (primary N) is 1. The summed E-state index contributed by atoms with van der Waals surface area (Å²) >= 11 is 0. The van der Waals surface area contributed by atoms with Gasteiger partial charge in [-0.3, -0.25) is 4.90 Å². The topological polar surface area (TPSA) is 62.9 Å². The number of aliphatic imine (C=N–C) groups is 1. The summed E-state index contributed by atoms with van der Waals surface area (Å²) in [6, 6.07) is 17.0. The van der Waals surface area contributed by atoms with Crippen LogP contribution in [-0.2, 0) is 13.1 Å². The summed E-state index contributed by atoms with van der Waals surface area (Å²) in [7, 11) is 0. The fourth-order valence-electron chi connectivity index (χ4n) is 4.12. The van der Waals surface area contributed by atoms with Crippen molar-refractivity contribution in [1.29, 1.82) is 0 Å². The van der Waals surface area contributed by atoms with Crippen molar-refractivity contribution in [3.05, 3.63) is 65.2 Å². The Labute approximate surface area is 174 Å². The highest BCUT2D eigenvalue weighted by molar-refractivity contribution is 5.78. The highest BCUT2D eigenvalue weighted by Gasteiger charge is 2.21. The first kappa shape index (κ1) is 19.8. The Morgan fingerprint density at radius 1 is 1.07 bits per heavy atom. The summed E-state index contributed by atoms with van der Waals surface area (Å²) in [4.78, 5) is 7.10. The van der Waals surface area contributed by atoms with Gasteiger partial charge in [-0.05, 0) is 49.0 Å². The fourth-order valence-corrected chi connectivity index (χ4v) is 4.12. The van der Waals surface area contributed by atoms with Gasteiger partial charge in [-0.2, -0.15) is 0 Å². The van der Waals surface area contributed by atoms with Crippen molar-refractivity contribution in [3.8, 4) is 5.75 Å². The standard InChI is InChI=1S/C24H32N4O/c1-18-10-13-28(14-11-18)17-20-8-6-19(7-9-20)16-26-24(25)27-22-12-15-29-23-5-3-2-4-21(22)23/h2-9,18,22H,10-17H2,1H3,(H3,25,26,27). The monoisotopic (exact) mass is 392 g/mol. The molecule has 3 N–H and O–H groups in total. The van der Waals surface area contributed by atoms with Gasteiger partial charge >= 0.3 is 0 Å². The Morgan fingerprint density at radius 2 is 1.79 bits per heavy atom. The van der Waals surface area contributed by atoms with E-state index in [1.165, 1.54) is 37.1 Å². The number of hydrogen-bond acceptors (Lipinski definition) is 3. The molecule has 0 aromatic heterocycles. The Bertz CT molecular complexity index is 825. The van der Waals surface area contributed by atoms with Gasteiger partial charge < -0.3 is 15.8 Å². The van der Waals surface area contributed by atoms with Crippen molar-refractivity contribution in [2.45, 2.75) is 45.3 Å². The maximum Gasteiger partial charge on any atom is 0.189 e. The Morgan fingerprint density at radius 3 is 2.59 bits per heavy atom. The molecule has 2 heterocycles. The van der Waals surface area contributed by atoms with Gasteiger partial charge in [0.15, 0.2) is 5.96 Å². The lowest BCUT2D eigenvalue weighted by atomic mass is 9.99. The van der Waals surface area contributed by atoms with E-state index in [0.29, 0.717) is 19.1 Å². The van der Waals surface area contributed by atoms with Gasteiger partial charge in [0.25, 0.3) is 0 Å². The normalized spacial score (nSPS) is 20.7. The number of nitrogens with one attached hydrogen (secondary N) is 1. The van der Waals surface area contributed by atoms with Crippen molar-refractivity contribution in [1.82, 2.24) is 10.2 Å². The Balaban J connectivity index is 1.30. The van der Waals surface area contributed by atoms with E-state index in [9.17, 15) is 0 Å². The second-order valence-electron chi connectivity index (χ2n) is 8.35. The maximum atomic E-state index is 6.17. The van der Waals surface area contributed by atoms with E-state index in [4.69, 9.17) is 10.5 Å². The van der Waals surface area contributed by atoms with E-state index in [2.05, 4.69) is 52.5 Å². The van der Waals surface area contributed by atoms with E-state index >= 15 is 0 Å². The number of ether oxygens (including phenoxy) is 1. The number of guanidine groups is 1. The van der Waals surface area contributed by atoms with Gasteiger partial charge in [-0.1, -0.05) is 49.4 Å². The number of nitrogens with zero attached hydrogens (tertiary/aromatic N) is 2. The molecule has 0 aliphatic carbocycles. The van der Waals surface area contributed by atoms with E-state index in [0.717, 1.165) is 30.2 Å². The Hall–Kier alpha value is -2.53. The molecule has 0 radical (unpaired) electrons. The van der Waals surface area contributed by atoms with E-state index in [-0.39, 0.29) is 6.04 Å². The van der Waals surface area contributed by atoms with Crippen molar-refractivity contribution >= 4 is 5.96 Å². The predicted molar refractivity (Wildman–Crippen MR) is 118 cm³/mol. The lowest BCUT2D eigenvalue weighted by Gasteiger charge is -2.30. The van der Waals surface area contributed by atoms with E-state index in [1.54, 1.807) is 0 Å². The lowest BCUT2D eigenvalue weighted by Crippen LogP contribution is -2.37. The number of para-hydroxylation sites is 1. The number of benzene rings is 2. The van der Waals surface area contributed by atoms with Gasteiger partial charge in [0.05, 0.1) is 19.2 Å². The molecule has 1 unspecified atom stereocenters. The minimum atomic E-state index is 0.151. The third-order valence-corrected chi connectivity index (χ3v) is 6.02. The molecule has 4 rings (SSSR count). The molecule has 1 fully saturated rings. The average Bonchev–Trinajstić information content (AvgIpc) is 2.75. The minimum absolute atomic E-state index is 0.151. The fraction of sp³-hybridized carbons (Fsp3) is 0.458. The number of piperidine rings is 1. The molecule has 29 heavy (non-hydrogen) atoms. The largest absolute Gasteiger partial charge is 0.493 e. The molecule has 0 bridgehead atoms. The van der Waals surface area contributed by atoms with Crippen molar-refractivity contribution < 1.29 is 4.74 Å². The van der Waals surface area contributed by atoms with Gasteiger partial charge in [0.1, 0.15) is 5.75 Å². The molecular formula is C24H32N4O. The second-order valence-corrected chi connectivity index (χ2v) is 8.35. The number of likely N-dealkylation sites (tertiary alicyclic amines) is 1. The zero-order chi connectivity index (χ0) is 20.1.